The van der Waals surface area contributed by atoms with Crippen molar-refractivity contribution in [2.75, 3.05) is 31.4 Å². The molecule has 0 bridgehead atoms. The fourth-order valence-electron chi connectivity index (χ4n) is 3.42. The number of nitrogens with zero attached hydrogens (tertiary/aromatic N) is 6. The topological polar surface area (TPSA) is 171 Å². The van der Waals surface area contributed by atoms with E-state index >= 15 is 0 Å². The summed E-state index contributed by atoms with van der Waals surface area (Å²) in [6, 6.07) is 12.2. The molecule has 0 saturated carbocycles. The van der Waals surface area contributed by atoms with Crippen LogP contribution < -0.4 is 25.6 Å². The van der Waals surface area contributed by atoms with Gasteiger partial charge in [-0.15, -0.1) is 15.3 Å². The second-order valence-corrected chi connectivity index (χ2v) is 8.54. The van der Waals surface area contributed by atoms with Crippen LogP contribution in [-0.4, -0.2) is 67.7 Å². The first-order valence-electron chi connectivity index (χ1n) is 10.1. The lowest BCUT2D eigenvalue weighted by Crippen LogP contribution is -2.30. The summed E-state index contributed by atoms with van der Waals surface area (Å²) < 4.78 is 19.0. The molecule has 0 aliphatic rings. The van der Waals surface area contributed by atoms with Crippen molar-refractivity contribution in [3.05, 3.63) is 48.0 Å². The molecule has 0 aliphatic carbocycles. The van der Waals surface area contributed by atoms with Gasteiger partial charge in [0, 0.05) is 20.6 Å². The Morgan fingerprint density at radius 1 is 1.18 bits per heavy atom. The summed E-state index contributed by atoms with van der Waals surface area (Å²) in [6.07, 6.45) is 0. The molecule has 2 heterocycles. The van der Waals surface area contributed by atoms with Crippen LogP contribution in [0.2, 0.25) is 0 Å². The fraction of sp³-hybridized carbons (Fsp3) is 0.200. The van der Waals surface area contributed by atoms with Gasteiger partial charge in [0.25, 0.3) is 5.95 Å². The van der Waals surface area contributed by atoms with Crippen molar-refractivity contribution in [3.63, 3.8) is 0 Å². The van der Waals surface area contributed by atoms with E-state index in [1.807, 2.05) is 20.2 Å². The number of nitrogens with two attached hydrogens (primary N) is 1. The van der Waals surface area contributed by atoms with Gasteiger partial charge in [-0.3, -0.25) is 0 Å². The Kier molecular flexibility index (Phi) is 6.86. The van der Waals surface area contributed by atoms with Crippen molar-refractivity contribution >= 4 is 46.6 Å². The van der Waals surface area contributed by atoms with E-state index in [1.54, 1.807) is 45.9 Å². The number of rotatable bonds is 8. The average Bonchev–Trinajstić information content (AvgIpc) is 3.21. The molecule has 176 valence electrons. The normalized spacial score (nSPS) is 12.0. The average molecular weight is 482 g/mol. The molecule has 0 aliphatic heterocycles. The van der Waals surface area contributed by atoms with Gasteiger partial charge in [0.2, 0.25) is 4.90 Å². The molecule has 4 rings (SSSR count). The van der Waals surface area contributed by atoms with E-state index in [4.69, 9.17) is 9.88 Å². The zero-order chi connectivity index (χ0) is 24.4. The first-order valence-corrected chi connectivity index (χ1v) is 11.3. The molecule has 14 heteroatoms. The van der Waals surface area contributed by atoms with Gasteiger partial charge >= 0.3 is 13.1 Å². The Labute approximate surface area is 198 Å². The summed E-state index contributed by atoms with van der Waals surface area (Å²) in [6.45, 7) is 0.345. The first kappa shape index (κ1) is 23.7. The lowest BCUT2D eigenvalue weighted by molar-refractivity contribution is 0.373. The van der Waals surface area contributed by atoms with Gasteiger partial charge in [-0.25, -0.2) is 4.57 Å². The van der Waals surface area contributed by atoms with Crippen LogP contribution in [0, 0.1) is 0 Å². The Balaban J connectivity index is 1.76. The molecule has 0 saturated heterocycles. The highest BCUT2D eigenvalue weighted by molar-refractivity contribution is 7.89. The number of para-hydroxylation sites is 1. The third kappa shape index (κ3) is 4.62. The van der Waals surface area contributed by atoms with E-state index in [1.165, 1.54) is 7.11 Å². The van der Waals surface area contributed by atoms with E-state index in [0.717, 1.165) is 5.56 Å². The molecule has 2 aromatic heterocycles. The van der Waals surface area contributed by atoms with E-state index in [2.05, 4.69) is 25.5 Å². The van der Waals surface area contributed by atoms with Crippen LogP contribution in [0.1, 0.15) is 5.56 Å². The lowest BCUT2D eigenvalue weighted by atomic mass is 9.80. The van der Waals surface area contributed by atoms with Crippen molar-refractivity contribution in [3.8, 4) is 12.0 Å². The van der Waals surface area contributed by atoms with Gasteiger partial charge in [0.1, 0.15) is 5.52 Å². The number of ether oxygens (including phenoxy) is 1. The minimum atomic E-state index is -1.74. The predicted molar refractivity (Wildman–Crippen MR) is 130 cm³/mol. The number of aromatic nitrogens is 5. The molecule has 0 radical (unpaired) electrons. The van der Waals surface area contributed by atoms with Crippen LogP contribution in [-0.2, 0) is 17.9 Å². The van der Waals surface area contributed by atoms with E-state index in [0.29, 0.717) is 39.6 Å². The maximum atomic E-state index is 12.0. The Hall–Kier alpha value is -3.43. The third-order valence-corrected chi connectivity index (χ3v) is 5.77. The maximum absolute atomic E-state index is 12.0. The van der Waals surface area contributed by atoms with Gasteiger partial charge in [-0.1, -0.05) is 30.3 Å². The van der Waals surface area contributed by atoms with Crippen molar-refractivity contribution in [2.45, 2.75) is 11.4 Å². The molecular weight excluding hydrogens is 459 g/mol. The molecule has 12 nitrogen and oxygen atoms in total. The third-order valence-electron chi connectivity index (χ3n) is 5.01. The Morgan fingerprint density at radius 2 is 1.94 bits per heavy atom. The number of fused-ring (bicyclic) bond motifs is 1. The molecule has 1 atom stereocenters. The number of imidazole rings is 1. The molecule has 2 aromatic carbocycles. The molecule has 1 unspecified atom stereocenters. The van der Waals surface area contributed by atoms with Gasteiger partial charge < -0.3 is 29.6 Å². The van der Waals surface area contributed by atoms with E-state index in [9.17, 15) is 14.6 Å². The smallest absolute Gasteiger partial charge is 0.488 e. The minimum Gasteiger partial charge on any atom is -0.593 e. The molecule has 4 aromatic rings. The quantitative estimate of drug-likeness (QED) is 0.190. The van der Waals surface area contributed by atoms with E-state index < -0.39 is 18.5 Å². The van der Waals surface area contributed by atoms with Crippen LogP contribution in [0.15, 0.2) is 47.4 Å². The highest BCUT2D eigenvalue weighted by atomic mass is 32.2. The van der Waals surface area contributed by atoms with Crippen molar-refractivity contribution in [1.82, 2.24) is 24.7 Å². The molecular formula is C20H23BN8O4S. The zero-order valence-electron chi connectivity index (χ0n) is 18.7. The number of methoxy groups -OCH3 is 1. The van der Waals surface area contributed by atoms with Crippen LogP contribution in [0.5, 0.6) is 6.01 Å². The van der Waals surface area contributed by atoms with Gasteiger partial charge in [0.15, 0.2) is 11.6 Å². The highest BCUT2D eigenvalue weighted by Crippen LogP contribution is 2.29. The number of hydrogen-bond donors (Lipinski definition) is 4. The number of anilines is 2. The SMILES string of the molecule is COc1nc2c([S+](N)[O-])cccc2n1-c1nnc(N(C)C)c(NCc2cccc(B(O)O)c2)n1. The second-order valence-electron chi connectivity index (χ2n) is 7.51. The molecule has 0 spiro atoms. The summed E-state index contributed by atoms with van der Waals surface area (Å²) in [5.74, 6) is 1.12. The number of benzene rings is 2. The van der Waals surface area contributed by atoms with Crippen molar-refractivity contribution in [2.24, 2.45) is 5.14 Å². The van der Waals surface area contributed by atoms with Gasteiger partial charge in [-0.2, -0.15) is 9.97 Å². The second kappa shape index (κ2) is 9.83. The molecule has 5 N–H and O–H groups in total. The summed E-state index contributed by atoms with van der Waals surface area (Å²) in [7, 11) is 3.53. The fourth-order valence-corrected chi connectivity index (χ4v) is 3.97. The Bertz CT molecular complexity index is 1320. The monoisotopic (exact) mass is 482 g/mol. The summed E-state index contributed by atoms with van der Waals surface area (Å²) >= 11 is -1.74. The minimum absolute atomic E-state index is 0.183. The van der Waals surface area contributed by atoms with Crippen LogP contribution in [0.25, 0.3) is 17.0 Å². The summed E-state index contributed by atoms with van der Waals surface area (Å²) in [4.78, 5) is 11.2. The number of nitrogens with one attached hydrogen (secondary N) is 1. The standard InChI is InChI=1S/C20H23BN8O4S/c1-28(2)18-17(23-11-12-6-4-7-13(10-12)21(30)31)25-19(27-26-18)29-14-8-5-9-15(34(22)32)16(14)24-20(29)33-3/h4-10,30-31H,11,22H2,1-3H3,(H,23,25,27). The zero-order valence-corrected chi connectivity index (χ0v) is 19.5. The number of hydrogen-bond acceptors (Lipinski definition) is 11. The first-order chi connectivity index (χ1) is 16.3. The molecule has 0 amide bonds. The molecule has 0 fully saturated rings. The van der Waals surface area contributed by atoms with Crippen LogP contribution >= 0.6 is 0 Å². The summed E-state index contributed by atoms with van der Waals surface area (Å²) in [5, 5.41) is 36.3. The predicted octanol–water partition coefficient (Wildman–Crippen LogP) is -0.442. The highest BCUT2D eigenvalue weighted by Gasteiger charge is 2.23. The van der Waals surface area contributed by atoms with Crippen molar-refractivity contribution in [1.29, 1.82) is 0 Å². The van der Waals surface area contributed by atoms with E-state index in [-0.39, 0.29) is 12.0 Å². The van der Waals surface area contributed by atoms with Crippen molar-refractivity contribution < 1.29 is 19.3 Å². The van der Waals surface area contributed by atoms with Gasteiger partial charge in [0.05, 0.1) is 24.0 Å². The van der Waals surface area contributed by atoms with Crippen LogP contribution in [0.4, 0.5) is 11.6 Å². The lowest BCUT2D eigenvalue weighted by Gasteiger charge is -2.17. The molecule has 34 heavy (non-hydrogen) atoms. The summed E-state index contributed by atoms with van der Waals surface area (Å²) in [5.41, 5.74) is 2.17. The van der Waals surface area contributed by atoms with Crippen LogP contribution in [0.3, 0.4) is 0 Å². The van der Waals surface area contributed by atoms with Gasteiger partial charge in [-0.05, 0) is 23.2 Å². The largest absolute Gasteiger partial charge is 0.593 e. The maximum Gasteiger partial charge on any atom is 0.488 e. The Morgan fingerprint density at radius 3 is 2.62 bits per heavy atom.